The number of rotatable bonds is 4. The Bertz CT molecular complexity index is 378. The van der Waals surface area contributed by atoms with Crippen molar-refractivity contribution >= 4 is 0 Å². The van der Waals surface area contributed by atoms with Gasteiger partial charge in [-0.1, -0.05) is 0 Å². The maximum absolute atomic E-state index is 13.0. The molecule has 0 aromatic heterocycles. The summed E-state index contributed by atoms with van der Waals surface area (Å²) < 4.78 is 18.6. The summed E-state index contributed by atoms with van der Waals surface area (Å²) >= 11 is 0. The van der Waals surface area contributed by atoms with Crippen LogP contribution in [0.3, 0.4) is 0 Å². The van der Waals surface area contributed by atoms with E-state index >= 15 is 0 Å². The van der Waals surface area contributed by atoms with Gasteiger partial charge in [-0.3, -0.25) is 0 Å². The zero-order chi connectivity index (χ0) is 12.3. The van der Waals surface area contributed by atoms with E-state index in [-0.39, 0.29) is 23.7 Å². The molecule has 0 bridgehead atoms. The Morgan fingerprint density at radius 3 is 3.12 bits per heavy atom. The second-order valence-electron chi connectivity index (χ2n) is 4.49. The smallest absolute Gasteiger partial charge is 0.123 e. The van der Waals surface area contributed by atoms with E-state index in [2.05, 4.69) is 5.32 Å². The van der Waals surface area contributed by atoms with E-state index in [4.69, 9.17) is 4.74 Å². The second kappa shape index (κ2) is 5.47. The maximum atomic E-state index is 13.0. The van der Waals surface area contributed by atoms with Crippen molar-refractivity contribution in [3.05, 3.63) is 29.6 Å². The molecule has 2 atom stereocenters. The lowest BCUT2D eigenvalue weighted by Crippen LogP contribution is -2.36. The lowest BCUT2D eigenvalue weighted by molar-refractivity contribution is 0.0831. The number of phenolic OH excluding ortho intramolecular Hbond substituents is 1. The van der Waals surface area contributed by atoms with Gasteiger partial charge in [0.15, 0.2) is 0 Å². The molecule has 1 aromatic carbocycles. The van der Waals surface area contributed by atoms with Gasteiger partial charge in [0.2, 0.25) is 0 Å². The van der Waals surface area contributed by atoms with Gasteiger partial charge < -0.3 is 15.2 Å². The first-order valence-corrected chi connectivity index (χ1v) is 5.99. The largest absolute Gasteiger partial charge is 0.508 e. The quantitative estimate of drug-likeness (QED) is 0.846. The topological polar surface area (TPSA) is 41.5 Å². The van der Waals surface area contributed by atoms with E-state index in [1.807, 2.05) is 6.92 Å². The van der Waals surface area contributed by atoms with Gasteiger partial charge in [-0.15, -0.1) is 0 Å². The van der Waals surface area contributed by atoms with E-state index in [1.165, 1.54) is 18.2 Å². The number of nitrogens with one attached hydrogen (secondary N) is 1. The molecule has 1 aliphatic heterocycles. The zero-order valence-corrected chi connectivity index (χ0v) is 9.95. The molecule has 0 spiro atoms. The molecule has 0 saturated carbocycles. The van der Waals surface area contributed by atoms with Gasteiger partial charge in [-0.05, 0) is 38.0 Å². The van der Waals surface area contributed by atoms with Crippen molar-refractivity contribution in [1.82, 2.24) is 5.32 Å². The van der Waals surface area contributed by atoms with E-state index in [0.717, 1.165) is 19.4 Å². The molecule has 0 amide bonds. The second-order valence-corrected chi connectivity index (χ2v) is 4.49. The summed E-state index contributed by atoms with van der Waals surface area (Å²) in [7, 11) is 0. The number of halogens is 1. The molecule has 1 heterocycles. The Hall–Kier alpha value is -1.13. The van der Waals surface area contributed by atoms with Gasteiger partial charge in [0.25, 0.3) is 0 Å². The average Bonchev–Trinajstić information content (AvgIpc) is 2.83. The molecule has 94 valence electrons. The minimum absolute atomic E-state index is 0.124. The SMILES string of the molecule is CC(NCc1cc(F)ccc1O)C1CCCO1. The molecule has 2 unspecified atom stereocenters. The first kappa shape index (κ1) is 12.3. The summed E-state index contributed by atoms with van der Waals surface area (Å²) in [5, 5.41) is 12.8. The van der Waals surface area contributed by atoms with Crippen LogP contribution in [0.5, 0.6) is 5.75 Å². The zero-order valence-electron chi connectivity index (χ0n) is 9.95. The standard InChI is InChI=1S/C13H18FNO2/c1-9(13-3-2-6-17-13)15-8-10-7-11(14)4-5-12(10)16/h4-5,7,9,13,15-16H,2-3,6,8H2,1H3. The van der Waals surface area contributed by atoms with Crippen LogP contribution in [0.2, 0.25) is 0 Å². The van der Waals surface area contributed by atoms with Crippen LogP contribution in [0.1, 0.15) is 25.3 Å². The fourth-order valence-corrected chi connectivity index (χ4v) is 2.09. The van der Waals surface area contributed by atoms with E-state index in [9.17, 15) is 9.50 Å². The number of aromatic hydroxyl groups is 1. The third-order valence-electron chi connectivity index (χ3n) is 3.18. The predicted octanol–water partition coefficient (Wildman–Crippen LogP) is 2.19. The van der Waals surface area contributed by atoms with Crippen molar-refractivity contribution in [2.24, 2.45) is 0 Å². The van der Waals surface area contributed by atoms with E-state index < -0.39 is 0 Å². The third kappa shape index (κ3) is 3.17. The first-order chi connectivity index (χ1) is 8.16. The van der Waals surface area contributed by atoms with Crippen LogP contribution in [0.15, 0.2) is 18.2 Å². The van der Waals surface area contributed by atoms with Crippen LogP contribution in [-0.2, 0) is 11.3 Å². The molecule has 1 saturated heterocycles. The van der Waals surface area contributed by atoms with Gasteiger partial charge >= 0.3 is 0 Å². The van der Waals surface area contributed by atoms with Gasteiger partial charge in [0, 0.05) is 24.8 Å². The van der Waals surface area contributed by atoms with Crippen LogP contribution in [-0.4, -0.2) is 23.9 Å². The molecule has 0 aliphatic carbocycles. The maximum Gasteiger partial charge on any atom is 0.123 e. The Kier molecular flexibility index (Phi) is 3.97. The van der Waals surface area contributed by atoms with Crippen molar-refractivity contribution in [3.63, 3.8) is 0 Å². The summed E-state index contributed by atoms with van der Waals surface area (Å²) in [5.74, 6) is -0.206. The monoisotopic (exact) mass is 239 g/mol. The Labute approximate surface area is 101 Å². The highest BCUT2D eigenvalue weighted by atomic mass is 19.1. The fourth-order valence-electron chi connectivity index (χ4n) is 2.09. The Morgan fingerprint density at radius 1 is 1.59 bits per heavy atom. The van der Waals surface area contributed by atoms with E-state index in [1.54, 1.807) is 0 Å². The molecule has 17 heavy (non-hydrogen) atoms. The van der Waals surface area contributed by atoms with Gasteiger partial charge in [0.05, 0.1) is 6.10 Å². The molecule has 4 heteroatoms. The van der Waals surface area contributed by atoms with Crippen LogP contribution < -0.4 is 5.32 Å². The van der Waals surface area contributed by atoms with Crippen molar-refractivity contribution in [2.45, 2.75) is 38.5 Å². The number of benzene rings is 1. The Balaban J connectivity index is 1.90. The first-order valence-electron chi connectivity index (χ1n) is 5.99. The summed E-state index contributed by atoms with van der Waals surface area (Å²) in [6.45, 7) is 3.32. The van der Waals surface area contributed by atoms with Gasteiger partial charge in [-0.25, -0.2) is 4.39 Å². The highest BCUT2D eigenvalue weighted by molar-refractivity contribution is 5.32. The van der Waals surface area contributed by atoms with Crippen molar-refractivity contribution in [1.29, 1.82) is 0 Å². The molecule has 3 nitrogen and oxygen atoms in total. The molecule has 2 N–H and O–H groups in total. The van der Waals surface area contributed by atoms with Crippen LogP contribution in [0.25, 0.3) is 0 Å². The average molecular weight is 239 g/mol. The summed E-state index contributed by atoms with van der Waals surface area (Å²) in [6, 6.07) is 4.19. The van der Waals surface area contributed by atoms with Crippen LogP contribution in [0.4, 0.5) is 4.39 Å². The van der Waals surface area contributed by atoms with Crippen molar-refractivity contribution in [3.8, 4) is 5.75 Å². The summed E-state index contributed by atoms with van der Waals surface area (Å²) in [4.78, 5) is 0. The third-order valence-corrected chi connectivity index (χ3v) is 3.18. The fraction of sp³-hybridized carbons (Fsp3) is 0.538. The van der Waals surface area contributed by atoms with Crippen molar-refractivity contribution in [2.75, 3.05) is 6.61 Å². The minimum Gasteiger partial charge on any atom is -0.508 e. The Morgan fingerprint density at radius 2 is 2.41 bits per heavy atom. The molecule has 2 rings (SSSR count). The van der Waals surface area contributed by atoms with Gasteiger partial charge in [-0.2, -0.15) is 0 Å². The minimum atomic E-state index is -0.329. The highest BCUT2D eigenvalue weighted by Crippen LogP contribution is 2.19. The van der Waals surface area contributed by atoms with Crippen LogP contribution >= 0.6 is 0 Å². The normalized spacial score (nSPS) is 21.6. The van der Waals surface area contributed by atoms with Gasteiger partial charge in [0.1, 0.15) is 11.6 Å². The lowest BCUT2D eigenvalue weighted by atomic mass is 10.1. The molecular formula is C13H18FNO2. The molecule has 1 aromatic rings. The molecule has 1 aliphatic rings. The molecular weight excluding hydrogens is 221 g/mol. The highest BCUT2D eigenvalue weighted by Gasteiger charge is 2.21. The number of phenols is 1. The summed E-state index contributed by atoms with van der Waals surface area (Å²) in [6.07, 6.45) is 2.39. The molecule has 0 radical (unpaired) electrons. The predicted molar refractivity (Wildman–Crippen MR) is 63.3 cm³/mol. The summed E-state index contributed by atoms with van der Waals surface area (Å²) in [5.41, 5.74) is 0.579. The molecule has 1 fully saturated rings. The number of hydrogen-bond donors (Lipinski definition) is 2. The van der Waals surface area contributed by atoms with Crippen molar-refractivity contribution < 1.29 is 14.2 Å². The number of ether oxygens (including phenoxy) is 1. The number of hydrogen-bond acceptors (Lipinski definition) is 3. The van der Waals surface area contributed by atoms with E-state index in [0.29, 0.717) is 12.1 Å². The lowest BCUT2D eigenvalue weighted by Gasteiger charge is -2.20. The van der Waals surface area contributed by atoms with Crippen LogP contribution in [0, 0.1) is 5.82 Å².